The number of sulfonamides is 1. The van der Waals surface area contributed by atoms with E-state index in [1.165, 1.54) is 40.8 Å². The second-order valence-corrected chi connectivity index (χ2v) is 8.50. The topological polar surface area (TPSA) is 106 Å². The Balaban J connectivity index is 1.61. The predicted octanol–water partition coefficient (Wildman–Crippen LogP) is 2.32. The number of benzene rings is 1. The Morgan fingerprint density at radius 3 is 2.61 bits per heavy atom. The van der Waals surface area contributed by atoms with Crippen LogP contribution in [0.15, 0.2) is 47.5 Å². The maximum atomic E-state index is 12.6. The molecule has 28 heavy (non-hydrogen) atoms. The second-order valence-electron chi connectivity index (χ2n) is 6.12. The van der Waals surface area contributed by atoms with Gasteiger partial charge in [0.15, 0.2) is 6.61 Å². The first kappa shape index (κ1) is 20.2. The fraction of sp³-hybridized carbons (Fsp3) is 0.278. The van der Waals surface area contributed by atoms with E-state index in [9.17, 15) is 18.0 Å². The zero-order chi connectivity index (χ0) is 20.1. The molecule has 0 radical (unpaired) electrons. The highest BCUT2D eigenvalue weighted by Gasteiger charge is 2.27. The Kier molecular flexibility index (Phi) is 6.28. The molecule has 8 nitrogen and oxygen atoms in total. The van der Waals surface area contributed by atoms with E-state index >= 15 is 0 Å². The predicted molar refractivity (Wildman–Crippen MR) is 103 cm³/mol. The fourth-order valence-electron chi connectivity index (χ4n) is 2.70. The Morgan fingerprint density at radius 2 is 1.93 bits per heavy atom. The molecule has 1 aliphatic rings. The van der Waals surface area contributed by atoms with Gasteiger partial charge in [-0.05, 0) is 43.2 Å². The molecule has 10 heteroatoms. The number of rotatable bonds is 6. The molecular formula is C18H18ClN3O5S. The van der Waals surface area contributed by atoms with Gasteiger partial charge in [0.05, 0.1) is 15.5 Å². The van der Waals surface area contributed by atoms with Crippen LogP contribution in [0.25, 0.3) is 0 Å². The first-order chi connectivity index (χ1) is 13.4. The third kappa shape index (κ3) is 4.86. The van der Waals surface area contributed by atoms with Gasteiger partial charge >= 0.3 is 5.97 Å². The Bertz CT molecular complexity index is 973. The van der Waals surface area contributed by atoms with Crippen LogP contribution < -0.4 is 5.32 Å². The molecule has 1 amide bonds. The number of ether oxygens (including phenoxy) is 1. The molecule has 0 unspecified atom stereocenters. The molecule has 1 N–H and O–H groups in total. The maximum Gasteiger partial charge on any atom is 0.338 e. The Labute approximate surface area is 167 Å². The van der Waals surface area contributed by atoms with E-state index in [-0.39, 0.29) is 16.3 Å². The number of pyridine rings is 1. The average Bonchev–Trinajstić information content (AvgIpc) is 3.24. The van der Waals surface area contributed by atoms with Gasteiger partial charge < -0.3 is 10.1 Å². The van der Waals surface area contributed by atoms with Gasteiger partial charge in [0.2, 0.25) is 10.0 Å². The number of hydrogen-bond donors (Lipinski definition) is 1. The maximum absolute atomic E-state index is 12.6. The summed E-state index contributed by atoms with van der Waals surface area (Å²) in [5, 5.41) is 2.88. The standard InChI is InChI=1S/C18H18ClN3O5S/c19-14-6-7-16(20-11-14)21-17(23)12-27-18(24)13-4-3-5-15(10-13)28(25,26)22-8-1-2-9-22/h3-7,10-11H,1-2,8-9,12H2,(H,20,21,23). The number of halogens is 1. The van der Waals surface area contributed by atoms with Gasteiger partial charge in [-0.15, -0.1) is 0 Å². The lowest BCUT2D eigenvalue weighted by Crippen LogP contribution is -2.28. The summed E-state index contributed by atoms with van der Waals surface area (Å²) in [6.45, 7) is 0.401. The molecule has 0 aliphatic carbocycles. The number of carbonyl (C=O) groups is 2. The highest BCUT2D eigenvalue weighted by molar-refractivity contribution is 7.89. The van der Waals surface area contributed by atoms with E-state index in [0.717, 1.165) is 12.8 Å². The van der Waals surface area contributed by atoms with Crippen molar-refractivity contribution in [1.82, 2.24) is 9.29 Å². The van der Waals surface area contributed by atoms with Crippen molar-refractivity contribution >= 4 is 39.3 Å². The van der Waals surface area contributed by atoms with E-state index in [1.54, 1.807) is 6.07 Å². The molecule has 2 heterocycles. The van der Waals surface area contributed by atoms with Crippen LogP contribution in [-0.2, 0) is 19.6 Å². The van der Waals surface area contributed by atoms with Gasteiger partial charge in [-0.1, -0.05) is 17.7 Å². The monoisotopic (exact) mass is 423 g/mol. The van der Waals surface area contributed by atoms with E-state index in [2.05, 4.69) is 10.3 Å². The van der Waals surface area contributed by atoms with Crippen molar-refractivity contribution < 1.29 is 22.7 Å². The average molecular weight is 424 g/mol. The van der Waals surface area contributed by atoms with Gasteiger partial charge in [0.1, 0.15) is 5.82 Å². The minimum absolute atomic E-state index is 0.0265. The Morgan fingerprint density at radius 1 is 1.18 bits per heavy atom. The van der Waals surface area contributed by atoms with Crippen LogP contribution in [0, 0.1) is 0 Å². The van der Waals surface area contributed by atoms with Crippen LogP contribution in [0.4, 0.5) is 5.82 Å². The summed E-state index contributed by atoms with van der Waals surface area (Å²) >= 11 is 5.71. The van der Waals surface area contributed by atoms with Crippen LogP contribution in [0.5, 0.6) is 0 Å². The van der Waals surface area contributed by atoms with Crippen LogP contribution in [0.3, 0.4) is 0 Å². The number of anilines is 1. The third-order valence-corrected chi connectivity index (χ3v) is 6.22. The SMILES string of the molecule is O=C(COC(=O)c1cccc(S(=O)(=O)N2CCCC2)c1)Nc1ccc(Cl)cn1. The van der Waals surface area contributed by atoms with Crippen LogP contribution in [-0.4, -0.2) is 49.3 Å². The number of aromatic nitrogens is 1. The van der Waals surface area contributed by atoms with Crippen molar-refractivity contribution in [3.63, 3.8) is 0 Å². The third-order valence-electron chi connectivity index (χ3n) is 4.10. The summed E-state index contributed by atoms with van der Waals surface area (Å²) in [5.41, 5.74) is 0.0534. The molecule has 0 atom stereocenters. The van der Waals surface area contributed by atoms with Gasteiger partial charge in [0, 0.05) is 19.3 Å². The second kappa shape index (κ2) is 8.68. The van der Waals surface area contributed by atoms with E-state index in [0.29, 0.717) is 18.1 Å². The van der Waals surface area contributed by atoms with Gasteiger partial charge in [-0.25, -0.2) is 18.2 Å². The molecular weight excluding hydrogens is 406 g/mol. The molecule has 1 fully saturated rings. The van der Waals surface area contributed by atoms with Crippen LogP contribution in [0.2, 0.25) is 5.02 Å². The summed E-state index contributed by atoms with van der Waals surface area (Å²) in [7, 11) is -3.64. The summed E-state index contributed by atoms with van der Waals surface area (Å²) in [5.74, 6) is -1.11. The molecule has 148 valence electrons. The van der Waals surface area contributed by atoms with Crippen molar-refractivity contribution in [2.45, 2.75) is 17.7 Å². The van der Waals surface area contributed by atoms with E-state index < -0.39 is 28.5 Å². The zero-order valence-corrected chi connectivity index (χ0v) is 16.4. The van der Waals surface area contributed by atoms with E-state index in [4.69, 9.17) is 16.3 Å². The van der Waals surface area contributed by atoms with Crippen LogP contribution >= 0.6 is 11.6 Å². The molecule has 0 bridgehead atoms. The highest BCUT2D eigenvalue weighted by Crippen LogP contribution is 2.21. The summed E-state index contributed by atoms with van der Waals surface area (Å²) in [6.07, 6.45) is 3.01. The lowest BCUT2D eigenvalue weighted by atomic mass is 10.2. The normalized spacial score (nSPS) is 14.6. The van der Waals surface area contributed by atoms with Crippen molar-refractivity contribution in [1.29, 1.82) is 0 Å². The molecule has 0 saturated carbocycles. The summed E-state index contributed by atoms with van der Waals surface area (Å²) in [4.78, 5) is 28.0. The lowest BCUT2D eigenvalue weighted by Gasteiger charge is -2.15. The number of hydrogen-bond acceptors (Lipinski definition) is 6. The number of nitrogens with zero attached hydrogens (tertiary/aromatic N) is 2. The molecule has 3 rings (SSSR count). The van der Waals surface area contributed by atoms with Gasteiger partial charge in [-0.3, -0.25) is 4.79 Å². The highest BCUT2D eigenvalue weighted by atomic mass is 35.5. The smallest absolute Gasteiger partial charge is 0.338 e. The summed E-state index contributed by atoms with van der Waals surface area (Å²) < 4.78 is 31.6. The number of esters is 1. The molecule has 1 aliphatic heterocycles. The first-order valence-electron chi connectivity index (χ1n) is 8.55. The molecule has 1 aromatic carbocycles. The van der Waals surface area contributed by atoms with Crippen molar-refractivity contribution in [3.8, 4) is 0 Å². The molecule has 1 aromatic heterocycles. The number of nitrogens with one attached hydrogen (secondary N) is 1. The largest absolute Gasteiger partial charge is 0.452 e. The number of amides is 1. The zero-order valence-electron chi connectivity index (χ0n) is 14.8. The van der Waals surface area contributed by atoms with Crippen molar-refractivity contribution in [2.75, 3.05) is 25.0 Å². The minimum Gasteiger partial charge on any atom is -0.452 e. The lowest BCUT2D eigenvalue weighted by molar-refractivity contribution is -0.119. The number of carbonyl (C=O) groups excluding carboxylic acids is 2. The van der Waals surface area contributed by atoms with Crippen LogP contribution in [0.1, 0.15) is 23.2 Å². The first-order valence-corrected chi connectivity index (χ1v) is 10.4. The molecule has 0 spiro atoms. The quantitative estimate of drug-likeness (QED) is 0.715. The van der Waals surface area contributed by atoms with Gasteiger partial charge in [-0.2, -0.15) is 4.31 Å². The van der Waals surface area contributed by atoms with Gasteiger partial charge in [0.25, 0.3) is 5.91 Å². The minimum atomic E-state index is -3.64. The Hall–Kier alpha value is -2.49. The van der Waals surface area contributed by atoms with Crippen molar-refractivity contribution in [3.05, 3.63) is 53.2 Å². The van der Waals surface area contributed by atoms with E-state index in [1.807, 2.05) is 0 Å². The molecule has 1 saturated heterocycles. The fourth-order valence-corrected chi connectivity index (χ4v) is 4.38. The molecule has 2 aromatic rings. The summed E-state index contributed by atoms with van der Waals surface area (Å²) in [6, 6.07) is 8.66. The van der Waals surface area contributed by atoms with Crippen molar-refractivity contribution in [2.24, 2.45) is 0 Å².